The molecule has 3 amide bonds. The molecule has 1 aromatic rings. The molecule has 0 saturated carbocycles. The smallest absolute Gasteiger partial charge is 0.226 e. The molecule has 10 nitrogen and oxygen atoms in total. The summed E-state index contributed by atoms with van der Waals surface area (Å²) in [6.45, 7) is 19.6. The maximum absolute atomic E-state index is 14.3. The Hall–Kier alpha value is -2.82. The number of amides is 3. The zero-order valence-electron chi connectivity index (χ0n) is 36.3. The van der Waals surface area contributed by atoms with Crippen molar-refractivity contribution < 1.29 is 28.7 Å². The van der Waals surface area contributed by atoms with Crippen molar-refractivity contribution in [3.8, 4) is 0 Å². The molecule has 1 aliphatic heterocycles. The van der Waals surface area contributed by atoms with Gasteiger partial charge in [0, 0.05) is 46.7 Å². The van der Waals surface area contributed by atoms with Crippen LogP contribution >= 0.6 is 0 Å². The number of ketones is 1. The molecule has 1 aromatic carbocycles. The van der Waals surface area contributed by atoms with E-state index < -0.39 is 24.0 Å². The van der Waals surface area contributed by atoms with Gasteiger partial charge in [-0.2, -0.15) is 0 Å². The summed E-state index contributed by atoms with van der Waals surface area (Å²) in [5, 5.41) is 3.10. The van der Waals surface area contributed by atoms with E-state index >= 15 is 0 Å². The Kier molecular flexibility index (Phi) is 19.9. The number of methoxy groups -OCH3 is 2. The average molecular weight is 757 g/mol. The Balaban J connectivity index is 2.17. The Bertz CT molecular complexity index is 1310. The molecule has 0 bridgehead atoms. The normalized spacial score (nSPS) is 18.8. The maximum atomic E-state index is 14.3. The number of nitrogens with one attached hydrogen (secondary N) is 1. The van der Waals surface area contributed by atoms with Gasteiger partial charge in [-0.25, -0.2) is 0 Å². The van der Waals surface area contributed by atoms with Crippen molar-refractivity contribution in [1.82, 2.24) is 20.0 Å². The number of rotatable bonds is 23. The molecule has 0 aromatic heterocycles. The fourth-order valence-electron chi connectivity index (χ4n) is 8.57. The van der Waals surface area contributed by atoms with Crippen LogP contribution in [0, 0.1) is 35.5 Å². The first-order valence-electron chi connectivity index (χ1n) is 20.6. The van der Waals surface area contributed by atoms with Crippen LogP contribution in [0.4, 0.5) is 0 Å². The van der Waals surface area contributed by atoms with E-state index in [-0.39, 0.29) is 72.2 Å². The van der Waals surface area contributed by atoms with Crippen molar-refractivity contribution in [3.63, 3.8) is 0 Å². The van der Waals surface area contributed by atoms with Gasteiger partial charge in [0.25, 0.3) is 0 Å². The standard InChI is InChI=1S/C44H76N4O6/c1-15-31(8)41(47(12)44(52)35(29(4)5)26-37(49)40(30(6)7)46(10)11)38(53-13)27-39(50)48-24-16-17-36(48)42(54-14)32(9)43(51)45-23-22-33-18-20-34(21-19-33)25-28(2)3/h18-21,28-32,35-36,38,40-42H,15-17,22-27H2,1-14H3,(H,45,51)/t31-,32+,35-,36-,38+,40-,41-,42+/m0/s1. The summed E-state index contributed by atoms with van der Waals surface area (Å²) in [7, 11) is 8.83. The number of carbonyl (C=O) groups excluding carboxylic acids is 4. The van der Waals surface area contributed by atoms with Gasteiger partial charge in [-0.15, -0.1) is 0 Å². The second-order valence-corrected chi connectivity index (χ2v) is 17.2. The van der Waals surface area contributed by atoms with Gasteiger partial charge in [0.05, 0.1) is 42.7 Å². The first-order chi connectivity index (χ1) is 25.4. The van der Waals surface area contributed by atoms with Gasteiger partial charge >= 0.3 is 0 Å². The molecule has 0 radical (unpaired) electrons. The van der Waals surface area contributed by atoms with E-state index in [4.69, 9.17) is 9.47 Å². The molecule has 0 aliphatic carbocycles. The molecule has 1 heterocycles. The highest BCUT2D eigenvalue weighted by molar-refractivity contribution is 5.90. The number of benzene rings is 1. The Morgan fingerprint density at radius 2 is 1.48 bits per heavy atom. The van der Waals surface area contributed by atoms with Crippen molar-refractivity contribution in [2.45, 2.75) is 138 Å². The van der Waals surface area contributed by atoms with Crippen LogP contribution in [0.1, 0.15) is 106 Å². The number of ether oxygens (including phenoxy) is 2. The summed E-state index contributed by atoms with van der Waals surface area (Å²) in [6.07, 6.45) is 3.35. The van der Waals surface area contributed by atoms with Crippen molar-refractivity contribution in [2.75, 3.05) is 48.5 Å². The summed E-state index contributed by atoms with van der Waals surface area (Å²) in [5.41, 5.74) is 2.50. The van der Waals surface area contributed by atoms with Crippen LogP contribution in [0.25, 0.3) is 0 Å². The van der Waals surface area contributed by atoms with Crippen LogP contribution in [0.2, 0.25) is 0 Å². The van der Waals surface area contributed by atoms with E-state index in [9.17, 15) is 19.2 Å². The predicted octanol–water partition coefficient (Wildman–Crippen LogP) is 6.28. The number of likely N-dealkylation sites (tertiary alicyclic amines) is 1. The summed E-state index contributed by atoms with van der Waals surface area (Å²) < 4.78 is 12.0. The predicted molar refractivity (Wildman–Crippen MR) is 218 cm³/mol. The molecular formula is C44H76N4O6. The Labute approximate surface area is 328 Å². The minimum atomic E-state index is -0.558. The molecule has 0 spiro atoms. The van der Waals surface area contributed by atoms with Crippen LogP contribution in [-0.4, -0.2) is 117 Å². The third kappa shape index (κ3) is 13.1. The number of Topliss-reactive ketones (excluding diaryl/α,β-unsaturated/α-hetero) is 1. The SMILES string of the molecule is CC[C@H](C)[C@@H]([C@@H](CC(=O)N1CCC[C@H]1[C@H](OC)[C@@H](C)C(=O)NCCc1ccc(CC(C)C)cc1)OC)N(C)C(=O)[C@@H](CC(=O)[C@H](C(C)C)N(C)C)C(C)C. The number of hydrogen-bond donors (Lipinski definition) is 1. The van der Waals surface area contributed by atoms with Crippen molar-refractivity contribution in [2.24, 2.45) is 35.5 Å². The second kappa shape index (κ2) is 22.7. The quantitative estimate of drug-likeness (QED) is 0.140. The van der Waals surface area contributed by atoms with Gasteiger partial charge < -0.3 is 24.6 Å². The molecule has 1 fully saturated rings. The van der Waals surface area contributed by atoms with E-state index in [2.05, 4.69) is 57.3 Å². The van der Waals surface area contributed by atoms with Crippen LogP contribution in [0.15, 0.2) is 24.3 Å². The number of hydrogen-bond acceptors (Lipinski definition) is 7. The lowest BCUT2D eigenvalue weighted by Crippen LogP contribution is -2.54. The third-order valence-corrected chi connectivity index (χ3v) is 11.7. The number of likely N-dealkylation sites (N-methyl/N-ethyl adjacent to an activating group) is 2. The minimum absolute atomic E-state index is 0.0354. The highest BCUT2D eigenvalue weighted by atomic mass is 16.5. The third-order valence-electron chi connectivity index (χ3n) is 11.7. The van der Waals surface area contributed by atoms with Gasteiger partial charge in [-0.1, -0.05) is 93.0 Å². The molecule has 1 saturated heterocycles. The first-order valence-corrected chi connectivity index (χ1v) is 20.6. The Morgan fingerprint density at radius 3 is 1.98 bits per heavy atom. The topological polar surface area (TPSA) is 108 Å². The fourth-order valence-corrected chi connectivity index (χ4v) is 8.57. The summed E-state index contributed by atoms with van der Waals surface area (Å²) in [6, 6.07) is 7.71. The molecular weight excluding hydrogens is 681 g/mol. The molecule has 1 aliphatic rings. The second-order valence-electron chi connectivity index (χ2n) is 17.2. The van der Waals surface area contributed by atoms with Gasteiger partial charge in [0.2, 0.25) is 17.7 Å². The van der Waals surface area contributed by atoms with Gasteiger partial charge in [-0.05, 0) is 74.6 Å². The Morgan fingerprint density at radius 1 is 0.870 bits per heavy atom. The molecule has 54 heavy (non-hydrogen) atoms. The van der Waals surface area contributed by atoms with Crippen LogP contribution in [-0.2, 0) is 41.5 Å². The van der Waals surface area contributed by atoms with Crippen LogP contribution in [0.3, 0.4) is 0 Å². The minimum Gasteiger partial charge on any atom is -0.379 e. The molecule has 0 unspecified atom stereocenters. The van der Waals surface area contributed by atoms with E-state index in [0.29, 0.717) is 19.0 Å². The monoisotopic (exact) mass is 757 g/mol. The van der Waals surface area contributed by atoms with E-state index in [1.807, 2.05) is 58.5 Å². The average Bonchev–Trinajstić information content (AvgIpc) is 3.59. The zero-order chi connectivity index (χ0) is 40.9. The first kappa shape index (κ1) is 47.3. The summed E-state index contributed by atoms with van der Waals surface area (Å²) in [5.74, 6) is -0.427. The van der Waals surface area contributed by atoms with Crippen LogP contribution < -0.4 is 5.32 Å². The van der Waals surface area contributed by atoms with E-state index in [0.717, 1.165) is 32.1 Å². The number of carbonyl (C=O) groups is 4. The van der Waals surface area contributed by atoms with Crippen LogP contribution in [0.5, 0.6) is 0 Å². The fraction of sp³-hybridized carbons (Fsp3) is 0.773. The molecule has 308 valence electrons. The van der Waals surface area contributed by atoms with Crippen molar-refractivity contribution in [3.05, 3.63) is 35.4 Å². The van der Waals surface area contributed by atoms with E-state index in [1.54, 1.807) is 26.2 Å². The van der Waals surface area contributed by atoms with Gasteiger partial charge in [0.1, 0.15) is 0 Å². The maximum Gasteiger partial charge on any atom is 0.226 e. The summed E-state index contributed by atoms with van der Waals surface area (Å²) >= 11 is 0. The van der Waals surface area contributed by atoms with Crippen molar-refractivity contribution in [1.29, 1.82) is 0 Å². The van der Waals surface area contributed by atoms with Gasteiger partial charge in [0.15, 0.2) is 5.78 Å². The largest absolute Gasteiger partial charge is 0.379 e. The van der Waals surface area contributed by atoms with Gasteiger partial charge in [-0.3, -0.25) is 24.1 Å². The molecule has 1 N–H and O–H groups in total. The highest BCUT2D eigenvalue weighted by Gasteiger charge is 2.43. The van der Waals surface area contributed by atoms with Crippen molar-refractivity contribution >= 4 is 23.5 Å². The molecule has 10 heteroatoms. The lowest BCUT2D eigenvalue weighted by atomic mass is 9.83. The summed E-state index contributed by atoms with van der Waals surface area (Å²) in [4.78, 5) is 61.0. The lowest BCUT2D eigenvalue weighted by molar-refractivity contribution is -0.149. The molecule has 8 atom stereocenters. The number of nitrogens with zero attached hydrogens (tertiary/aromatic N) is 3. The van der Waals surface area contributed by atoms with E-state index in [1.165, 1.54) is 11.1 Å². The zero-order valence-corrected chi connectivity index (χ0v) is 36.3. The molecule has 2 rings (SSSR count). The highest BCUT2D eigenvalue weighted by Crippen LogP contribution is 2.31. The lowest BCUT2D eigenvalue weighted by Gasteiger charge is -2.41.